The van der Waals surface area contributed by atoms with E-state index in [1.165, 1.54) is 0 Å². The molecule has 0 bridgehead atoms. The number of fused-ring (bicyclic) bond motifs is 1. The highest BCUT2D eigenvalue weighted by atomic mass is 16.4. The number of carboxylic acids is 1. The van der Waals surface area contributed by atoms with Crippen LogP contribution < -0.4 is 4.90 Å². The smallest absolute Gasteiger partial charge is 0.305 e. The first-order valence-corrected chi connectivity index (χ1v) is 5.87. The third-order valence-corrected chi connectivity index (χ3v) is 3.18. The van der Waals surface area contributed by atoms with Crippen LogP contribution in [-0.2, 0) is 4.79 Å². The molecule has 0 aliphatic rings. The Morgan fingerprint density at radius 1 is 1.44 bits per heavy atom. The number of anilines is 1. The number of carbonyl (C=O) groups is 1. The van der Waals surface area contributed by atoms with Gasteiger partial charge in [-0.3, -0.25) is 4.79 Å². The van der Waals surface area contributed by atoms with E-state index in [4.69, 9.17) is 5.11 Å². The molecule has 0 unspecified atom stereocenters. The molecule has 0 spiro atoms. The van der Waals surface area contributed by atoms with Crippen molar-refractivity contribution in [3.05, 3.63) is 29.7 Å². The number of pyridine rings is 1. The normalized spacial score (nSPS) is 10.8. The summed E-state index contributed by atoms with van der Waals surface area (Å²) in [5, 5.41) is 8.69. The largest absolute Gasteiger partial charge is 0.481 e. The maximum absolute atomic E-state index is 10.6. The Morgan fingerprint density at radius 3 is 2.83 bits per heavy atom. The van der Waals surface area contributed by atoms with Crippen molar-refractivity contribution in [3.63, 3.8) is 0 Å². The van der Waals surface area contributed by atoms with Crippen LogP contribution in [0.3, 0.4) is 0 Å². The van der Waals surface area contributed by atoms with Gasteiger partial charge in [-0.2, -0.15) is 0 Å². The van der Waals surface area contributed by atoms with Crippen molar-refractivity contribution in [2.45, 2.75) is 20.3 Å². The Bertz CT molecular complexity index is 589. The fraction of sp³-hybridized carbons (Fsp3) is 0.385. The van der Waals surface area contributed by atoms with Crippen molar-refractivity contribution < 1.29 is 9.90 Å². The Kier molecular flexibility index (Phi) is 3.23. The Labute approximate surface area is 106 Å². The number of nitrogens with zero attached hydrogens (tertiary/aromatic N) is 3. The fourth-order valence-electron chi connectivity index (χ4n) is 1.89. The average molecular weight is 247 g/mol. The van der Waals surface area contributed by atoms with Crippen LogP contribution in [0.4, 0.5) is 5.69 Å². The molecule has 1 N–H and O–H groups in total. The van der Waals surface area contributed by atoms with Crippen molar-refractivity contribution in [3.8, 4) is 0 Å². The summed E-state index contributed by atoms with van der Waals surface area (Å²) in [5.41, 5.74) is 4.03. The lowest BCUT2D eigenvalue weighted by Crippen LogP contribution is -2.21. The van der Waals surface area contributed by atoms with Crippen LogP contribution >= 0.6 is 0 Å². The standard InChI is InChI=1S/C13H17N3O2/c1-9-10(2)16-8-11(4-5-12(16)14-9)15(3)7-6-13(17)18/h4-5,8H,6-7H2,1-3H3,(H,17,18). The number of hydrogen-bond acceptors (Lipinski definition) is 3. The van der Waals surface area contributed by atoms with Gasteiger partial charge in [0.2, 0.25) is 0 Å². The van der Waals surface area contributed by atoms with Crippen LogP contribution in [0.25, 0.3) is 5.65 Å². The zero-order chi connectivity index (χ0) is 13.3. The van der Waals surface area contributed by atoms with Gasteiger partial charge in [-0.15, -0.1) is 0 Å². The highest BCUT2D eigenvalue weighted by molar-refractivity contribution is 5.67. The van der Waals surface area contributed by atoms with Crippen LogP contribution in [0, 0.1) is 13.8 Å². The molecular weight excluding hydrogens is 230 g/mol. The van der Waals surface area contributed by atoms with E-state index in [2.05, 4.69) is 4.98 Å². The molecule has 0 radical (unpaired) electrons. The quantitative estimate of drug-likeness (QED) is 0.896. The topological polar surface area (TPSA) is 57.8 Å². The number of aryl methyl sites for hydroxylation is 2. The van der Waals surface area contributed by atoms with E-state index in [0.29, 0.717) is 6.54 Å². The van der Waals surface area contributed by atoms with E-state index in [1.54, 1.807) is 0 Å². The van der Waals surface area contributed by atoms with Gasteiger partial charge in [0.15, 0.2) is 0 Å². The summed E-state index contributed by atoms with van der Waals surface area (Å²) < 4.78 is 2.03. The van der Waals surface area contributed by atoms with Crippen molar-refractivity contribution in [1.82, 2.24) is 9.38 Å². The summed E-state index contributed by atoms with van der Waals surface area (Å²) in [6.07, 6.45) is 2.13. The molecule has 2 aromatic heterocycles. The van der Waals surface area contributed by atoms with Crippen LogP contribution in [0.2, 0.25) is 0 Å². The predicted octanol–water partition coefficient (Wildman–Crippen LogP) is 1.86. The van der Waals surface area contributed by atoms with Gasteiger partial charge >= 0.3 is 5.97 Å². The minimum Gasteiger partial charge on any atom is -0.481 e. The number of imidazole rings is 1. The van der Waals surface area contributed by atoms with Gasteiger partial charge in [0.25, 0.3) is 0 Å². The van der Waals surface area contributed by atoms with Gasteiger partial charge in [0.05, 0.1) is 17.8 Å². The minimum absolute atomic E-state index is 0.135. The SMILES string of the molecule is Cc1nc2ccc(N(C)CCC(=O)O)cn2c1C. The van der Waals surface area contributed by atoms with Crippen molar-refractivity contribution in [2.24, 2.45) is 0 Å². The lowest BCUT2D eigenvalue weighted by Gasteiger charge is -2.18. The third kappa shape index (κ3) is 2.30. The number of aliphatic carboxylic acids is 1. The highest BCUT2D eigenvalue weighted by Crippen LogP contribution is 2.17. The first kappa shape index (κ1) is 12.4. The van der Waals surface area contributed by atoms with Crippen LogP contribution in [0.5, 0.6) is 0 Å². The lowest BCUT2D eigenvalue weighted by molar-refractivity contribution is -0.136. The number of rotatable bonds is 4. The van der Waals surface area contributed by atoms with Crippen LogP contribution in [-0.4, -0.2) is 34.1 Å². The maximum atomic E-state index is 10.6. The molecule has 0 aliphatic heterocycles. The molecule has 5 nitrogen and oxygen atoms in total. The second-order valence-corrected chi connectivity index (χ2v) is 4.46. The van der Waals surface area contributed by atoms with Crippen LogP contribution in [0.1, 0.15) is 17.8 Å². The fourth-order valence-corrected chi connectivity index (χ4v) is 1.89. The van der Waals surface area contributed by atoms with E-state index in [-0.39, 0.29) is 6.42 Å². The first-order valence-electron chi connectivity index (χ1n) is 5.87. The summed E-state index contributed by atoms with van der Waals surface area (Å²) in [6, 6.07) is 3.91. The Morgan fingerprint density at radius 2 is 2.17 bits per heavy atom. The number of hydrogen-bond donors (Lipinski definition) is 1. The van der Waals surface area contributed by atoms with Gasteiger partial charge in [0, 0.05) is 25.5 Å². The van der Waals surface area contributed by atoms with E-state index < -0.39 is 5.97 Å². The molecule has 0 aliphatic carbocycles. The molecule has 2 aromatic rings. The zero-order valence-corrected chi connectivity index (χ0v) is 10.8. The molecular formula is C13H17N3O2. The van der Waals surface area contributed by atoms with Crippen molar-refractivity contribution in [1.29, 1.82) is 0 Å². The summed E-state index contributed by atoms with van der Waals surface area (Å²) >= 11 is 0. The van der Waals surface area contributed by atoms with E-state index in [9.17, 15) is 4.79 Å². The van der Waals surface area contributed by atoms with Gasteiger partial charge in [0.1, 0.15) is 5.65 Å². The van der Waals surface area contributed by atoms with Crippen LogP contribution in [0.15, 0.2) is 18.3 Å². The van der Waals surface area contributed by atoms with Crippen molar-refractivity contribution >= 4 is 17.3 Å². The van der Waals surface area contributed by atoms with E-state index in [1.807, 2.05) is 48.5 Å². The predicted molar refractivity (Wildman–Crippen MR) is 70.2 cm³/mol. The minimum atomic E-state index is -0.780. The summed E-state index contributed by atoms with van der Waals surface area (Å²) in [5.74, 6) is -0.780. The summed E-state index contributed by atoms with van der Waals surface area (Å²) in [4.78, 5) is 16.9. The third-order valence-electron chi connectivity index (χ3n) is 3.18. The van der Waals surface area contributed by atoms with Gasteiger partial charge in [-0.05, 0) is 26.0 Å². The maximum Gasteiger partial charge on any atom is 0.305 e. The molecule has 96 valence electrons. The molecule has 0 atom stereocenters. The average Bonchev–Trinajstić information content (AvgIpc) is 2.62. The summed E-state index contributed by atoms with van der Waals surface area (Å²) in [6.45, 7) is 4.50. The molecule has 18 heavy (non-hydrogen) atoms. The van der Waals surface area contributed by atoms with E-state index >= 15 is 0 Å². The van der Waals surface area contributed by atoms with Gasteiger partial charge < -0.3 is 14.4 Å². The van der Waals surface area contributed by atoms with Gasteiger partial charge in [-0.25, -0.2) is 4.98 Å². The Balaban J connectivity index is 2.28. The number of carboxylic acid groups (broad SMARTS) is 1. The molecule has 0 fully saturated rings. The zero-order valence-electron chi connectivity index (χ0n) is 10.8. The highest BCUT2D eigenvalue weighted by Gasteiger charge is 2.08. The Hall–Kier alpha value is -2.04. The number of aromatic nitrogens is 2. The second kappa shape index (κ2) is 4.68. The molecule has 0 saturated heterocycles. The molecule has 5 heteroatoms. The first-order chi connectivity index (χ1) is 8.49. The second-order valence-electron chi connectivity index (χ2n) is 4.46. The summed E-state index contributed by atoms with van der Waals surface area (Å²) in [7, 11) is 1.89. The lowest BCUT2D eigenvalue weighted by atomic mass is 10.3. The van der Waals surface area contributed by atoms with Crippen molar-refractivity contribution in [2.75, 3.05) is 18.5 Å². The molecule has 0 saturated carbocycles. The molecule has 2 heterocycles. The molecule has 0 amide bonds. The van der Waals surface area contributed by atoms with Gasteiger partial charge in [-0.1, -0.05) is 0 Å². The van der Waals surface area contributed by atoms with E-state index in [0.717, 1.165) is 22.7 Å². The molecule has 0 aromatic carbocycles. The molecule has 2 rings (SSSR count). The monoisotopic (exact) mass is 247 g/mol.